The first-order valence-corrected chi connectivity index (χ1v) is 5.94. The van der Waals surface area contributed by atoms with Crippen molar-refractivity contribution in [1.82, 2.24) is 4.98 Å². The highest BCUT2D eigenvalue weighted by Crippen LogP contribution is 2.16. The number of anilines is 1. The molecule has 2 rings (SSSR count). The number of nitriles is 1. The summed E-state index contributed by atoms with van der Waals surface area (Å²) >= 11 is 0. The second-order valence-electron chi connectivity index (χ2n) is 4.21. The Kier molecular flexibility index (Phi) is 3.99. The third-order valence-electron chi connectivity index (χ3n) is 2.78. The number of ether oxygens (including phenoxy) is 1. The Labute approximate surface area is 112 Å². The lowest BCUT2D eigenvalue weighted by atomic mass is 10.1. The van der Waals surface area contributed by atoms with Gasteiger partial charge in [0.1, 0.15) is 5.82 Å². The van der Waals surface area contributed by atoms with Gasteiger partial charge in [0.15, 0.2) is 0 Å². The van der Waals surface area contributed by atoms with Crippen LogP contribution in [0.1, 0.15) is 11.1 Å². The summed E-state index contributed by atoms with van der Waals surface area (Å²) in [6.45, 7) is 0.690. The second-order valence-corrected chi connectivity index (χ2v) is 4.21. The van der Waals surface area contributed by atoms with E-state index in [0.29, 0.717) is 18.0 Å². The van der Waals surface area contributed by atoms with Gasteiger partial charge in [-0.3, -0.25) is 0 Å². The van der Waals surface area contributed by atoms with Gasteiger partial charge in [0.25, 0.3) is 0 Å². The molecule has 19 heavy (non-hydrogen) atoms. The first-order valence-electron chi connectivity index (χ1n) is 5.94. The topological polar surface area (TPSA) is 49.1 Å². The van der Waals surface area contributed by atoms with Crippen molar-refractivity contribution >= 4 is 5.82 Å². The van der Waals surface area contributed by atoms with Gasteiger partial charge in [-0.05, 0) is 23.8 Å². The van der Waals surface area contributed by atoms with E-state index in [2.05, 4.69) is 11.1 Å². The van der Waals surface area contributed by atoms with Crippen LogP contribution in [0.4, 0.5) is 5.82 Å². The molecule has 0 unspecified atom stereocenters. The number of pyridine rings is 1. The fourth-order valence-corrected chi connectivity index (χ4v) is 1.82. The molecule has 0 N–H and O–H groups in total. The molecule has 1 heterocycles. The van der Waals surface area contributed by atoms with Crippen LogP contribution in [-0.4, -0.2) is 19.1 Å². The molecule has 0 aliphatic heterocycles. The number of hydrogen-bond acceptors (Lipinski definition) is 4. The highest BCUT2D eigenvalue weighted by Gasteiger charge is 2.05. The van der Waals surface area contributed by atoms with E-state index in [1.807, 2.05) is 48.3 Å². The normalized spacial score (nSPS) is 9.74. The Morgan fingerprint density at radius 3 is 2.79 bits per heavy atom. The van der Waals surface area contributed by atoms with Crippen LogP contribution in [0.25, 0.3) is 0 Å². The first-order chi connectivity index (χ1) is 9.22. The minimum absolute atomic E-state index is 0.593. The van der Waals surface area contributed by atoms with E-state index in [-0.39, 0.29) is 0 Å². The molecule has 0 saturated carbocycles. The lowest BCUT2D eigenvalue weighted by Gasteiger charge is -2.18. The van der Waals surface area contributed by atoms with Gasteiger partial charge in [-0.15, -0.1) is 0 Å². The van der Waals surface area contributed by atoms with Crippen molar-refractivity contribution in [2.45, 2.75) is 6.54 Å². The van der Waals surface area contributed by atoms with Gasteiger partial charge < -0.3 is 9.64 Å². The smallest absolute Gasteiger partial charge is 0.214 e. The molecule has 1 aromatic heterocycles. The Bertz CT molecular complexity index is 604. The van der Waals surface area contributed by atoms with E-state index >= 15 is 0 Å². The maximum atomic E-state index is 8.89. The molecule has 1 aromatic carbocycles. The quantitative estimate of drug-likeness (QED) is 0.840. The molecule has 4 nitrogen and oxygen atoms in total. The Balaban J connectivity index is 2.15. The fraction of sp³-hybridized carbons (Fsp3) is 0.200. The number of benzene rings is 1. The summed E-state index contributed by atoms with van der Waals surface area (Å²) in [5.74, 6) is 1.43. The molecule has 4 heteroatoms. The van der Waals surface area contributed by atoms with Crippen LogP contribution in [0.5, 0.6) is 5.88 Å². The van der Waals surface area contributed by atoms with Crippen molar-refractivity contribution in [2.24, 2.45) is 0 Å². The second kappa shape index (κ2) is 5.87. The van der Waals surface area contributed by atoms with Crippen molar-refractivity contribution in [2.75, 3.05) is 19.1 Å². The minimum atomic E-state index is 0.593. The van der Waals surface area contributed by atoms with Crippen LogP contribution < -0.4 is 9.64 Å². The highest BCUT2D eigenvalue weighted by atomic mass is 16.5. The molecular weight excluding hydrogens is 238 g/mol. The lowest BCUT2D eigenvalue weighted by molar-refractivity contribution is 0.398. The lowest BCUT2D eigenvalue weighted by Crippen LogP contribution is -2.17. The van der Waals surface area contributed by atoms with Gasteiger partial charge >= 0.3 is 0 Å². The molecule has 0 amide bonds. The Hall–Kier alpha value is -2.54. The molecule has 0 fully saturated rings. The zero-order valence-electron chi connectivity index (χ0n) is 11.0. The van der Waals surface area contributed by atoms with Gasteiger partial charge in [0.05, 0.1) is 18.7 Å². The molecule has 0 atom stereocenters. The average molecular weight is 253 g/mol. The van der Waals surface area contributed by atoms with Crippen LogP contribution >= 0.6 is 0 Å². The summed E-state index contributed by atoms with van der Waals surface area (Å²) in [6.07, 6.45) is 0. The summed E-state index contributed by atoms with van der Waals surface area (Å²) in [4.78, 5) is 6.38. The summed E-state index contributed by atoms with van der Waals surface area (Å²) < 4.78 is 5.11. The van der Waals surface area contributed by atoms with Gasteiger partial charge in [-0.2, -0.15) is 10.2 Å². The summed E-state index contributed by atoms with van der Waals surface area (Å²) in [5, 5.41) is 8.89. The van der Waals surface area contributed by atoms with Crippen LogP contribution in [0.15, 0.2) is 42.5 Å². The van der Waals surface area contributed by atoms with E-state index in [0.717, 1.165) is 11.4 Å². The first kappa shape index (κ1) is 12.9. The maximum Gasteiger partial charge on any atom is 0.214 e. The largest absolute Gasteiger partial charge is 0.481 e. The molecule has 0 spiro atoms. The van der Waals surface area contributed by atoms with Crippen LogP contribution in [-0.2, 0) is 6.54 Å². The summed E-state index contributed by atoms with van der Waals surface area (Å²) in [7, 11) is 3.56. The van der Waals surface area contributed by atoms with Gasteiger partial charge in [-0.1, -0.05) is 18.2 Å². The SMILES string of the molecule is COc1cccc(N(C)Cc2cccc(C#N)c2)n1. The third-order valence-corrected chi connectivity index (χ3v) is 2.78. The molecule has 0 aliphatic carbocycles. The van der Waals surface area contributed by atoms with E-state index in [9.17, 15) is 0 Å². The predicted octanol–water partition coefficient (Wildman–Crippen LogP) is 2.60. The molecule has 96 valence electrons. The zero-order valence-corrected chi connectivity index (χ0v) is 11.0. The molecule has 2 aromatic rings. The fourth-order valence-electron chi connectivity index (χ4n) is 1.82. The zero-order chi connectivity index (χ0) is 13.7. The van der Waals surface area contributed by atoms with Crippen LogP contribution in [0.3, 0.4) is 0 Å². The number of aromatic nitrogens is 1. The van der Waals surface area contributed by atoms with Crippen molar-refractivity contribution in [1.29, 1.82) is 5.26 Å². The van der Waals surface area contributed by atoms with Gasteiger partial charge in [-0.25, -0.2) is 0 Å². The van der Waals surface area contributed by atoms with Gasteiger partial charge in [0, 0.05) is 19.7 Å². The number of nitrogens with zero attached hydrogens (tertiary/aromatic N) is 3. The van der Waals surface area contributed by atoms with Crippen molar-refractivity contribution < 1.29 is 4.74 Å². The minimum Gasteiger partial charge on any atom is -0.481 e. The van der Waals surface area contributed by atoms with Crippen LogP contribution in [0, 0.1) is 11.3 Å². The van der Waals surface area contributed by atoms with Crippen molar-refractivity contribution in [3.05, 3.63) is 53.6 Å². The number of hydrogen-bond donors (Lipinski definition) is 0. The third kappa shape index (κ3) is 3.23. The number of methoxy groups -OCH3 is 1. The summed E-state index contributed by atoms with van der Waals surface area (Å²) in [5.41, 5.74) is 1.75. The van der Waals surface area contributed by atoms with E-state index < -0.39 is 0 Å². The van der Waals surface area contributed by atoms with E-state index in [1.54, 1.807) is 13.2 Å². The molecule has 0 bridgehead atoms. The molecule has 0 aliphatic rings. The Morgan fingerprint density at radius 2 is 2.05 bits per heavy atom. The standard InChI is InChI=1S/C15H15N3O/c1-18(14-7-4-8-15(17-14)19-2)11-13-6-3-5-12(9-13)10-16/h3-9H,11H2,1-2H3. The molecular formula is C15H15N3O. The number of rotatable bonds is 4. The molecule has 0 saturated heterocycles. The van der Waals surface area contributed by atoms with Crippen molar-refractivity contribution in [3.63, 3.8) is 0 Å². The highest BCUT2D eigenvalue weighted by molar-refractivity contribution is 5.42. The predicted molar refractivity (Wildman–Crippen MR) is 74.1 cm³/mol. The monoisotopic (exact) mass is 253 g/mol. The van der Waals surface area contributed by atoms with Gasteiger partial charge in [0.2, 0.25) is 5.88 Å². The van der Waals surface area contributed by atoms with Crippen molar-refractivity contribution in [3.8, 4) is 11.9 Å². The Morgan fingerprint density at radius 1 is 1.26 bits per heavy atom. The van der Waals surface area contributed by atoms with E-state index in [1.165, 1.54) is 0 Å². The van der Waals surface area contributed by atoms with Crippen LogP contribution in [0.2, 0.25) is 0 Å². The average Bonchev–Trinajstić information content (AvgIpc) is 2.47. The molecule has 0 radical (unpaired) electrons. The maximum absolute atomic E-state index is 8.89. The summed E-state index contributed by atoms with van der Waals surface area (Å²) in [6, 6.07) is 15.4. The van der Waals surface area contributed by atoms with E-state index in [4.69, 9.17) is 10.00 Å².